The van der Waals surface area contributed by atoms with Gasteiger partial charge in [-0.15, -0.1) is 15.7 Å². The summed E-state index contributed by atoms with van der Waals surface area (Å²) in [6.07, 6.45) is 0. The van der Waals surface area contributed by atoms with Gasteiger partial charge in [0.1, 0.15) is 5.69 Å². The van der Waals surface area contributed by atoms with E-state index in [1.165, 1.54) is 36.2 Å². The Hall–Kier alpha value is -1.13. The molecule has 4 bridgehead atoms. The summed E-state index contributed by atoms with van der Waals surface area (Å²) in [6.45, 7) is 3.91. The highest BCUT2D eigenvalue weighted by Gasteiger charge is 2.76. The van der Waals surface area contributed by atoms with Crippen molar-refractivity contribution in [2.24, 2.45) is 11.8 Å². The third-order valence-electron chi connectivity index (χ3n) is 5.06. The van der Waals surface area contributed by atoms with Crippen molar-refractivity contribution in [3.05, 3.63) is 27.0 Å². The van der Waals surface area contributed by atoms with Gasteiger partial charge in [0.05, 0.1) is 20.9 Å². The van der Waals surface area contributed by atoms with Crippen molar-refractivity contribution in [3.63, 3.8) is 0 Å². The summed E-state index contributed by atoms with van der Waals surface area (Å²) >= 11 is 8.61. The number of piperidine rings is 3. The third-order valence-corrected chi connectivity index (χ3v) is 6.72. The van der Waals surface area contributed by atoms with Crippen LogP contribution in [0.2, 0.25) is 4.34 Å². The second-order valence-electron chi connectivity index (χ2n) is 6.06. The molecule has 22 heavy (non-hydrogen) atoms. The number of hydrogen-bond acceptors (Lipinski definition) is 6. The Kier molecular flexibility index (Phi) is 2.84. The largest absolute Gasteiger partial charge is 0.463 e. The van der Waals surface area contributed by atoms with Gasteiger partial charge in [0, 0.05) is 25.0 Å². The fourth-order valence-corrected chi connectivity index (χ4v) is 5.65. The Bertz CT molecular complexity index is 793. The minimum absolute atomic E-state index is 0.247. The fourth-order valence-electron chi connectivity index (χ4n) is 4.14. The fraction of sp³-hybridized carbons (Fsp3) is 0.467. The van der Waals surface area contributed by atoms with E-state index in [1.54, 1.807) is 0 Å². The average molecular weight is 350 g/mol. The van der Waals surface area contributed by atoms with Crippen LogP contribution in [0.4, 0.5) is 0 Å². The standard InChI is InChI=1S/C15H12ClN3OS2/c16-12-4-3-9(21-12)2-1-5-20-14-13(17-22-18-14)15-8-19-6-10(15)11(15)7-19/h3-4,10-11H,5-8H2. The second kappa shape index (κ2) is 4.68. The molecule has 0 amide bonds. The molecule has 0 spiro atoms. The van der Waals surface area contributed by atoms with Crippen molar-refractivity contribution in [1.29, 1.82) is 0 Å². The zero-order valence-electron chi connectivity index (χ0n) is 11.6. The third kappa shape index (κ3) is 1.80. The molecule has 3 saturated heterocycles. The van der Waals surface area contributed by atoms with E-state index >= 15 is 0 Å². The molecule has 4 aliphatic rings. The van der Waals surface area contributed by atoms with Crippen molar-refractivity contribution in [1.82, 2.24) is 13.6 Å². The maximum absolute atomic E-state index is 5.88. The molecule has 7 heteroatoms. The lowest BCUT2D eigenvalue weighted by Gasteiger charge is -2.09. The van der Waals surface area contributed by atoms with E-state index in [0.717, 1.165) is 33.3 Å². The summed E-state index contributed by atoms with van der Waals surface area (Å²) in [7, 11) is 0. The molecule has 6 rings (SSSR count). The first kappa shape index (κ1) is 13.3. The van der Waals surface area contributed by atoms with E-state index in [4.69, 9.17) is 16.3 Å². The van der Waals surface area contributed by atoms with Gasteiger partial charge < -0.3 is 9.64 Å². The summed E-state index contributed by atoms with van der Waals surface area (Å²) in [5.41, 5.74) is 1.32. The van der Waals surface area contributed by atoms with E-state index in [2.05, 4.69) is 25.5 Å². The molecule has 0 aromatic carbocycles. The number of rotatable bonds is 3. The Morgan fingerprint density at radius 1 is 1.36 bits per heavy atom. The van der Waals surface area contributed by atoms with Crippen molar-refractivity contribution >= 4 is 34.7 Å². The maximum Gasteiger partial charge on any atom is 0.250 e. The van der Waals surface area contributed by atoms with Crippen LogP contribution in [0.15, 0.2) is 12.1 Å². The minimum atomic E-state index is 0.247. The van der Waals surface area contributed by atoms with Gasteiger partial charge in [-0.1, -0.05) is 23.4 Å². The number of aromatic nitrogens is 2. The van der Waals surface area contributed by atoms with Crippen LogP contribution >= 0.6 is 34.7 Å². The molecule has 2 aromatic rings. The summed E-state index contributed by atoms with van der Waals surface area (Å²) < 4.78 is 15.4. The van der Waals surface area contributed by atoms with Crippen LogP contribution in [-0.4, -0.2) is 39.9 Å². The predicted molar refractivity (Wildman–Crippen MR) is 86.7 cm³/mol. The lowest BCUT2D eigenvalue weighted by molar-refractivity contribution is 0.348. The first-order valence-corrected chi connectivity index (χ1v) is 9.12. The van der Waals surface area contributed by atoms with Crippen LogP contribution in [0, 0.1) is 23.7 Å². The van der Waals surface area contributed by atoms with Crippen LogP contribution in [-0.2, 0) is 5.41 Å². The zero-order chi connectivity index (χ0) is 14.7. The summed E-state index contributed by atoms with van der Waals surface area (Å²) in [5.74, 6) is 8.33. The molecule has 0 radical (unpaired) electrons. The van der Waals surface area contributed by atoms with Crippen molar-refractivity contribution < 1.29 is 4.74 Å². The quantitative estimate of drug-likeness (QED) is 0.798. The molecule has 5 heterocycles. The molecule has 1 aliphatic carbocycles. The Balaban J connectivity index is 1.30. The van der Waals surface area contributed by atoms with Crippen molar-refractivity contribution in [2.45, 2.75) is 5.41 Å². The van der Waals surface area contributed by atoms with Gasteiger partial charge in [-0.25, -0.2) is 0 Å². The van der Waals surface area contributed by atoms with Gasteiger partial charge >= 0.3 is 0 Å². The van der Waals surface area contributed by atoms with E-state index in [0.29, 0.717) is 12.5 Å². The average Bonchev–Trinajstić information content (AvgIpc) is 3.17. The smallest absolute Gasteiger partial charge is 0.250 e. The van der Waals surface area contributed by atoms with E-state index < -0.39 is 0 Å². The van der Waals surface area contributed by atoms with Gasteiger partial charge in [-0.2, -0.15) is 4.37 Å². The monoisotopic (exact) mass is 349 g/mol. The zero-order valence-corrected chi connectivity index (χ0v) is 14.0. The highest BCUT2D eigenvalue weighted by Crippen LogP contribution is 2.70. The summed E-state index contributed by atoms with van der Waals surface area (Å²) in [6, 6.07) is 3.78. The molecular weight excluding hydrogens is 338 g/mol. The highest BCUT2D eigenvalue weighted by atomic mass is 35.5. The number of hydrogen-bond donors (Lipinski definition) is 0. The number of halogens is 1. The van der Waals surface area contributed by atoms with Gasteiger partial charge in [0.25, 0.3) is 5.88 Å². The van der Waals surface area contributed by atoms with Gasteiger partial charge in [-0.3, -0.25) is 0 Å². The first-order chi connectivity index (χ1) is 10.8. The molecule has 112 valence electrons. The molecule has 2 aromatic heterocycles. The maximum atomic E-state index is 5.88. The lowest BCUT2D eigenvalue weighted by atomic mass is 10.0. The van der Waals surface area contributed by atoms with Crippen molar-refractivity contribution in [2.75, 3.05) is 26.2 Å². The van der Waals surface area contributed by atoms with E-state index in [9.17, 15) is 0 Å². The molecule has 2 unspecified atom stereocenters. The van der Waals surface area contributed by atoms with Gasteiger partial charge in [0.15, 0.2) is 6.61 Å². The molecule has 1 saturated carbocycles. The number of ether oxygens (including phenoxy) is 1. The summed E-state index contributed by atoms with van der Waals surface area (Å²) in [5, 5.41) is 0. The van der Waals surface area contributed by atoms with Crippen LogP contribution in [0.25, 0.3) is 0 Å². The van der Waals surface area contributed by atoms with Crippen LogP contribution in [0.3, 0.4) is 0 Å². The van der Waals surface area contributed by atoms with E-state index in [1.807, 2.05) is 12.1 Å². The molecule has 0 N–H and O–H groups in total. The van der Waals surface area contributed by atoms with Crippen molar-refractivity contribution in [3.8, 4) is 17.7 Å². The molecule has 4 fully saturated rings. The topological polar surface area (TPSA) is 38.3 Å². The Morgan fingerprint density at radius 3 is 2.91 bits per heavy atom. The summed E-state index contributed by atoms with van der Waals surface area (Å²) in [4.78, 5) is 3.48. The van der Waals surface area contributed by atoms with Gasteiger partial charge in [-0.05, 0) is 24.0 Å². The Labute approximate surface area is 141 Å². The van der Waals surface area contributed by atoms with Crippen LogP contribution in [0.1, 0.15) is 10.6 Å². The van der Waals surface area contributed by atoms with Crippen LogP contribution < -0.4 is 4.74 Å². The van der Waals surface area contributed by atoms with E-state index in [-0.39, 0.29) is 5.41 Å². The van der Waals surface area contributed by atoms with Crippen LogP contribution in [0.5, 0.6) is 5.88 Å². The molecule has 3 aliphatic heterocycles. The minimum Gasteiger partial charge on any atom is -0.463 e. The predicted octanol–water partition coefficient (Wildman–Crippen LogP) is 2.50. The Morgan fingerprint density at radius 2 is 2.23 bits per heavy atom. The molecule has 4 nitrogen and oxygen atoms in total. The SMILES string of the molecule is Clc1ccc(C#CCOc2nsnc2C23CN4CC2C3C4)s1. The molecular formula is C15H12ClN3OS2. The highest BCUT2D eigenvalue weighted by molar-refractivity contribution is 7.16. The first-order valence-electron chi connectivity index (χ1n) is 7.20. The second-order valence-corrected chi connectivity index (χ2v) is 8.30. The van der Waals surface area contributed by atoms with Gasteiger partial charge in [0.2, 0.25) is 0 Å². The lowest BCUT2D eigenvalue weighted by Crippen LogP contribution is -2.17. The normalized spacial score (nSPS) is 33.6. The number of thiophene rings is 1. The number of nitrogens with zero attached hydrogens (tertiary/aromatic N) is 3. The molecule has 2 atom stereocenters.